The third-order valence-corrected chi connectivity index (χ3v) is 4.33. The van der Waals surface area contributed by atoms with Crippen LogP contribution in [-0.4, -0.2) is 40.4 Å². The Bertz CT molecular complexity index is 670. The second-order valence-electron chi connectivity index (χ2n) is 5.13. The highest BCUT2D eigenvalue weighted by molar-refractivity contribution is 7.98. The van der Waals surface area contributed by atoms with E-state index in [-0.39, 0.29) is 6.10 Å². The number of anilines is 1. The Labute approximate surface area is 139 Å². The van der Waals surface area contributed by atoms with Crippen LogP contribution in [-0.2, 0) is 0 Å². The van der Waals surface area contributed by atoms with E-state index in [2.05, 4.69) is 19.9 Å². The lowest BCUT2D eigenvalue weighted by molar-refractivity contribution is 0.225. The summed E-state index contributed by atoms with van der Waals surface area (Å²) in [5.74, 6) is 1.65. The van der Waals surface area contributed by atoms with Crippen molar-refractivity contribution in [3.8, 4) is 5.75 Å². The van der Waals surface area contributed by atoms with E-state index >= 15 is 0 Å². The van der Waals surface area contributed by atoms with Crippen molar-refractivity contribution in [3.05, 3.63) is 35.2 Å². The van der Waals surface area contributed by atoms with Crippen LogP contribution in [0.25, 0.3) is 0 Å². The summed E-state index contributed by atoms with van der Waals surface area (Å²) in [6.45, 7) is 3.70. The van der Waals surface area contributed by atoms with Crippen molar-refractivity contribution in [1.29, 1.82) is 0 Å². The fraction of sp³-hybridized carbons (Fsp3) is 0.400. The monoisotopic (exact) mass is 336 g/mol. The number of aryl methyl sites for hydroxylation is 1. The third kappa shape index (κ3) is 3.44. The van der Waals surface area contributed by atoms with Gasteiger partial charge in [0.2, 0.25) is 0 Å². The van der Waals surface area contributed by atoms with Gasteiger partial charge in [0.25, 0.3) is 0 Å². The number of thioether (sulfide) groups is 1. The molecule has 0 bridgehead atoms. The van der Waals surface area contributed by atoms with Crippen LogP contribution in [0.3, 0.4) is 0 Å². The Morgan fingerprint density at radius 1 is 1.41 bits per heavy atom. The Morgan fingerprint density at radius 2 is 2.27 bits per heavy atom. The first-order valence-corrected chi connectivity index (χ1v) is 8.67. The Hall–Kier alpha value is -1.53. The van der Waals surface area contributed by atoms with E-state index < -0.39 is 0 Å². The summed E-state index contributed by atoms with van der Waals surface area (Å²) < 4.78 is 5.98. The number of hydrogen-bond donors (Lipinski definition) is 0. The van der Waals surface area contributed by atoms with Crippen molar-refractivity contribution in [2.45, 2.75) is 24.6 Å². The third-order valence-electron chi connectivity index (χ3n) is 3.50. The summed E-state index contributed by atoms with van der Waals surface area (Å²) in [5.41, 5.74) is 0.982. The van der Waals surface area contributed by atoms with E-state index in [1.165, 1.54) is 0 Å². The molecular formula is C15H17ClN4OS. The molecule has 1 fully saturated rings. The second kappa shape index (κ2) is 6.71. The summed E-state index contributed by atoms with van der Waals surface area (Å²) in [4.78, 5) is 15.2. The van der Waals surface area contributed by atoms with Gasteiger partial charge in [-0.1, -0.05) is 23.4 Å². The summed E-state index contributed by atoms with van der Waals surface area (Å²) in [6, 6.07) is 3.81. The molecule has 2 aromatic heterocycles. The molecular weight excluding hydrogens is 320 g/mol. The summed E-state index contributed by atoms with van der Waals surface area (Å²) >= 11 is 7.65. The van der Waals surface area contributed by atoms with Crippen molar-refractivity contribution in [2.24, 2.45) is 0 Å². The molecule has 1 aliphatic rings. The molecule has 0 saturated carbocycles. The molecule has 1 unspecified atom stereocenters. The molecule has 0 spiro atoms. The highest BCUT2D eigenvalue weighted by Crippen LogP contribution is 2.27. The van der Waals surface area contributed by atoms with Gasteiger partial charge in [-0.3, -0.25) is 4.98 Å². The van der Waals surface area contributed by atoms with Gasteiger partial charge in [0, 0.05) is 43.2 Å². The molecule has 7 heteroatoms. The fourth-order valence-electron chi connectivity index (χ4n) is 2.45. The predicted molar refractivity (Wildman–Crippen MR) is 89.0 cm³/mol. The number of aromatic nitrogens is 3. The lowest BCUT2D eigenvalue weighted by Crippen LogP contribution is -2.25. The quantitative estimate of drug-likeness (QED) is 0.631. The zero-order chi connectivity index (χ0) is 15.5. The number of nitrogens with zero attached hydrogens (tertiary/aromatic N) is 4. The highest BCUT2D eigenvalue weighted by atomic mass is 35.5. The molecule has 1 saturated heterocycles. The number of hydrogen-bond acceptors (Lipinski definition) is 6. The van der Waals surface area contributed by atoms with Crippen molar-refractivity contribution >= 4 is 29.2 Å². The molecule has 0 radical (unpaired) electrons. The maximum Gasteiger partial charge on any atom is 0.189 e. The lowest BCUT2D eigenvalue weighted by atomic mass is 10.3. The van der Waals surface area contributed by atoms with Crippen LogP contribution in [0.5, 0.6) is 5.75 Å². The number of rotatable bonds is 4. The van der Waals surface area contributed by atoms with Crippen LogP contribution in [0.15, 0.2) is 29.7 Å². The van der Waals surface area contributed by atoms with Crippen molar-refractivity contribution in [3.63, 3.8) is 0 Å². The normalized spacial score (nSPS) is 17.8. The van der Waals surface area contributed by atoms with Crippen LogP contribution in [0.1, 0.15) is 12.1 Å². The average Bonchev–Trinajstić information content (AvgIpc) is 2.97. The van der Waals surface area contributed by atoms with Gasteiger partial charge < -0.3 is 9.64 Å². The van der Waals surface area contributed by atoms with Crippen LogP contribution in [0.2, 0.25) is 5.02 Å². The lowest BCUT2D eigenvalue weighted by Gasteiger charge is -2.19. The van der Waals surface area contributed by atoms with Crippen molar-refractivity contribution in [1.82, 2.24) is 15.0 Å². The fourth-order valence-corrected chi connectivity index (χ4v) is 3.03. The van der Waals surface area contributed by atoms with E-state index in [9.17, 15) is 0 Å². The molecule has 0 N–H and O–H groups in total. The molecule has 5 nitrogen and oxygen atoms in total. The van der Waals surface area contributed by atoms with Crippen LogP contribution < -0.4 is 9.64 Å². The SMILES string of the molecule is CSc1nc(C)cc(N2CCC(Oc3ccncc3Cl)C2)n1. The number of halogens is 1. The van der Waals surface area contributed by atoms with Gasteiger partial charge in [0.15, 0.2) is 5.16 Å². The molecule has 3 heterocycles. The zero-order valence-electron chi connectivity index (χ0n) is 12.5. The van der Waals surface area contributed by atoms with E-state index in [0.29, 0.717) is 10.8 Å². The van der Waals surface area contributed by atoms with Gasteiger partial charge in [-0.2, -0.15) is 0 Å². The Kier molecular flexibility index (Phi) is 4.69. The second-order valence-corrected chi connectivity index (χ2v) is 6.32. The minimum Gasteiger partial charge on any atom is -0.487 e. The smallest absolute Gasteiger partial charge is 0.189 e. The first-order chi connectivity index (χ1) is 10.7. The molecule has 3 rings (SSSR count). The maximum atomic E-state index is 6.09. The average molecular weight is 337 g/mol. The largest absolute Gasteiger partial charge is 0.487 e. The van der Waals surface area contributed by atoms with E-state index in [1.54, 1.807) is 30.2 Å². The first-order valence-electron chi connectivity index (χ1n) is 7.06. The summed E-state index contributed by atoms with van der Waals surface area (Å²) in [6.07, 6.45) is 6.32. The first kappa shape index (κ1) is 15.4. The van der Waals surface area contributed by atoms with Gasteiger partial charge in [-0.15, -0.1) is 0 Å². The molecule has 1 atom stereocenters. The van der Waals surface area contributed by atoms with E-state index in [4.69, 9.17) is 16.3 Å². The topological polar surface area (TPSA) is 51.1 Å². The molecule has 0 aliphatic carbocycles. The molecule has 2 aromatic rings. The van der Waals surface area contributed by atoms with Gasteiger partial charge >= 0.3 is 0 Å². The minimum atomic E-state index is 0.105. The molecule has 116 valence electrons. The van der Waals surface area contributed by atoms with Crippen molar-refractivity contribution < 1.29 is 4.74 Å². The van der Waals surface area contributed by atoms with E-state index in [1.807, 2.05) is 19.2 Å². The van der Waals surface area contributed by atoms with Crippen LogP contribution >= 0.6 is 23.4 Å². The van der Waals surface area contributed by atoms with Crippen LogP contribution in [0.4, 0.5) is 5.82 Å². The Morgan fingerprint density at radius 3 is 3.05 bits per heavy atom. The molecule has 1 aliphatic heterocycles. The minimum absolute atomic E-state index is 0.105. The number of ether oxygens (including phenoxy) is 1. The van der Waals surface area contributed by atoms with Gasteiger partial charge in [0.05, 0.1) is 6.54 Å². The number of pyridine rings is 1. The predicted octanol–water partition coefficient (Wildman–Crippen LogP) is 3.21. The van der Waals surface area contributed by atoms with Gasteiger partial charge in [0.1, 0.15) is 22.7 Å². The summed E-state index contributed by atoms with van der Waals surface area (Å²) in [7, 11) is 0. The van der Waals surface area contributed by atoms with Gasteiger partial charge in [-0.25, -0.2) is 9.97 Å². The zero-order valence-corrected chi connectivity index (χ0v) is 14.1. The van der Waals surface area contributed by atoms with Crippen LogP contribution in [0, 0.1) is 6.92 Å². The highest BCUT2D eigenvalue weighted by Gasteiger charge is 2.26. The van der Waals surface area contributed by atoms with E-state index in [0.717, 1.165) is 36.2 Å². The summed E-state index contributed by atoms with van der Waals surface area (Å²) in [5, 5.41) is 1.35. The van der Waals surface area contributed by atoms with Crippen molar-refractivity contribution in [2.75, 3.05) is 24.2 Å². The maximum absolute atomic E-state index is 6.09. The van der Waals surface area contributed by atoms with Gasteiger partial charge in [-0.05, 0) is 13.2 Å². The molecule has 22 heavy (non-hydrogen) atoms. The molecule has 0 amide bonds. The molecule has 0 aromatic carbocycles. The standard InChI is InChI=1S/C15H17ClN4OS/c1-10-7-14(19-15(18-10)22-2)20-6-4-11(9-20)21-13-3-5-17-8-12(13)16/h3,5,7-8,11H,4,6,9H2,1-2H3. The Balaban J connectivity index is 1.70.